The number of nitrogens with zero attached hydrogens (tertiary/aromatic N) is 3. The summed E-state index contributed by atoms with van der Waals surface area (Å²) in [7, 11) is 0. The van der Waals surface area contributed by atoms with E-state index in [2.05, 4.69) is 9.97 Å². The zero-order valence-corrected chi connectivity index (χ0v) is 11.7. The maximum atomic E-state index is 6.29. The Balaban J connectivity index is 2.38. The van der Waals surface area contributed by atoms with Gasteiger partial charge in [0.25, 0.3) is 0 Å². The molecule has 1 unspecified atom stereocenters. The Morgan fingerprint density at radius 2 is 2.00 bits per heavy atom. The molecule has 5 heteroatoms. The molecular formula is C14H11Cl2N3. The van der Waals surface area contributed by atoms with Gasteiger partial charge in [0.1, 0.15) is 11.3 Å². The topological polar surface area (TPSA) is 30.7 Å². The summed E-state index contributed by atoms with van der Waals surface area (Å²) in [6.07, 6.45) is 3.46. The predicted octanol–water partition coefficient (Wildman–Crippen LogP) is 4.37. The fourth-order valence-electron chi connectivity index (χ4n) is 2.10. The van der Waals surface area contributed by atoms with E-state index in [4.69, 9.17) is 23.2 Å². The van der Waals surface area contributed by atoms with E-state index in [1.165, 1.54) is 0 Å². The second-order valence-electron chi connectivity index (χ2n) is 4.24. The largest absolute Gasteiger partial charge is 0.293 e. The van der Waals surface area contributed by atoms with Gasteiger partial charge in [-0.3, -0.25) is 9.55 Å². The van der Waals surface area contributed by atoms with Crippen LogP contribution in [0, 0.1) is 0 Å². The third-order valence-electron chi connectivity index (χ3n) is 2.93. The van der Waals surface area contributed by atoms with Crippen molar-refractivity contribution in [3.05, 3.63) is 53.6 Å². The van der Waals surface area contributed by atoms with Crippen molar-refractivity contribution in [2.75, 3.05) is 0 Å². The smallest absolute Gasteiger partial charge is 0.132 e. The Morgan fingerprint density at radius 3 is 2.74 bits per heavy atom. The highest BCUT2D eigenvalue weighted by Gasteiger charge is 2.17. The third-order valence-corrected chi connectivity index (χ3v) is 3.45. The van der Waals surface area contributed by atoms with Gasteiger partial charge in [-0.1, -0.05) is 23.7 Å². The molecule has 0 fully saturated rings. The molecular weight excluding hydrogens is 281 g/mol. The fraction of sp³-hybridized carbons (Fsp3) is 0.143. The standard InChI is InChI=1S/C14H11Cl2N3/c1-9(15)14-18-11-8-17-7-6-13(11)19(14)12-5-3-2-4-10(12)16/h2-9H,1H3. The molecule has 3 nitrogen and oxygen atoms in total. The molecule has 0 spiro atoms. The van der Waals surface area contributed by atoms with Crippen LogP contribution in [-0.2, 0) is 0 Å². The zero-order valence-electron chi connectivity index (χ0n) is 10.2. The maximum absolute atomic E-state index is 6.29. The van der Waals surface area contributed by atoms with Crippen LogP contribution in [0.25, 0.3) is 16.7 Å². The number of hydrogen-bond acceptors (Lipinski definition) is 2. The maximum Gasteiger partial charge on any atom is 0.132 e. The third kappa shape index (κ3) is 2.09. The van der Waals surface area contributed by atoms with Crippen LogP contribution in [0.2, 0.25) is 5.02 Å². The number of halogens is 2. The Hall–Kier alpha value is -1.58. The highest BCUT2D eigenvalue weighted by molar-refractivity contribution is 6.32. The van der Waals surface area contributed by atoms with Gasteiger partial charge in [-0.25, -0.2) is 4.98 Å². The van der Waals surface area contributed by atoms with Crippen LogP contribution in [0.4, 0.5) is 0 Å². The number of imidazole rings is 1. The number of rotatable bonds is 2. The summed E-state index contributed by atoms with van der Waals surface area (Å²) in [6, 6.07) is 9.56. The molecule has 0 bridgehead atoms. The van der Waals surface area contributed by atoms with Crippen LogP contribution in [0.1, 0.15) is 18.1 Å². The van der Waals surface area contributed by atoms with Gasteiger partial charge in [0.2, 0.25) is 0 Å². The molecule has 0 aliphatic carbocycles. The lowest BCUT2D eigenvalue weighted by molar-refractivity contribution is 0.883. The lowest BCUT2D eigenvalue weighted by atomic mass is 10.3. The summed E-state index contributed by atoms with van der Waals surface area (Å²) >= 11 is 12.5. The van der Waals surface area contributed by atoms with Crippen LogP contribution in [0.3, 0.4) is 0 Å². The first kappa shape index (κ1) is 12.5. The number of fused-ring (bicyclic) bond motifs is 1. The Morgan fingerprint density at radius 1 is 1.21 bits per heavy atom. The molecule has 3 aromatic rings. The van der Waals surface area contributed by atoms with Gasteiger partial charge in [-0.15, -0.1) is 11.6 Å². The minimum absolute atomic E-state index is 0.219. The van der Waals surface area contributed by atoms with E-state index in [-0.39, 0.29) is 5.38 Å². The number of pyridine rings is 1. The molecule has 0 saturated carbocycles. The van der Waals surface area contributed by atoms with E-state index >= 15 is 0 Å². The van der Waals surface area contributed by atoms with Crippen LogP contribution in [-0.4, -0.2) is 14.5 Å². The molecule has 96 valence electrons. The van der Waals surface area contributed by atoms with Gasteiger partial charge in [0.15, 0.2) is 0 Å². The van der Waals surface area contributed by atoms with Gasteiger partial charge in [-0.2, -0.15) is 0 Å². The van der Waals surface area contributed by atoms with Gasteiger partial charge >= 0.3 is 0 Å². The Labute approximate surface area is 120 Å². The summed E-state index contributed by atoms with van der Waals surface area (Å²) in [5.41, 5.74) is 2.64. The van der Waals surface area contributed by atoms with Gasteiger partial charge in [0, 0.05) is 6.20 Å². The van der Waals surface area contributed by atoms with Crippen molar-refractivity contribution in [3.63, 3.8) is 0 Å². The summed E-state index contributed by atoms with van der Waals surface area (Å²) in [5.74, 6) is 0.762. The van der Waals surface area contributed by atoms with Crippen LogP contribution >= 0.6 is 23.2 Å². The summed E-state index contributed by atoms with van der Waals surface area (Å²) in [6.45, 7) is 1.89. The first-order valence-corrected chi connectivity index (χ1v) is 6.71. The molecule has 0 aliphatic heterocycles. The van der Waals surface area contributed by atoms with Crippen molar-refractivity contribution in [2.45, 2.75) is 12.3 Å². The Kier molecular flexibility index (Phi) is 3.17. The van der Waals surface area contributed by atoms with Gasteiger partial charge in [-0.05, 0) is 25.1 Å². The van der Waals surface area contributed by atoms with E-state index in [0.717, 1.165) is 22.5 Å². The van der Waals surface area contributed by atoms with Crippen LogP contribution in [0.5, 0.6) is 0 Å². The highest BCUT2D eigenvalue weighted by Crippen LogP contribution is 2.30. The molecule has 19 heavy (non-hydrogen) atoms. The molecule has 0 radical (unpaired) electrons. The molecule has 0 saturated heterocycles. The number of aromatic nitrogens is 3. The number of benzene rings is 1. The summed E-state index contributed by atoms with van der Waals surface area (Å²) in [5, 5.41) is 0.445. The van der Waals surface area contributed by atoms with E-state index in [1.807, 2.05) is 41.8 Å². The number of para-hydroxylation sites is 1. The van der Waals surface area contributed by atoms with Gasteiger partial charge < -0.3 is 0 Å². The van der Waals surface area contributed by atoms with Crippen molar-refractivity contribution >= 4 is 34.2 Å². The quantitative estimate of drug-likeness (QED) is 0.656. The molecule has 0 aliphatic rings. The van der Waals surface area contributed by atoms with E-state index < -0.39 is 0 Å². The second kappa shape index (κ2) is 4.83. The monoisotopic (exact) mass is 291 g/mol. The van der Waals surface area contributed by atoms with E-state index in [1.54, 1.807) is 12.4 Å². The second-order valence-corrected chi connectivity index (χ2v) is 5.30. The molecule has 1 atom stereocenters. The fourth-order valence-corrected chi connectivity index (χ4v) is 2.47. The minimum Gasteiger partial charge on any atom is -0.293 e. The van der Waals surface area contributed by atoms with Crippen molar-refractivity contribution < 1.29 is 0 Å². The van der Waals surface area contributed by atoms with Crippen molar-refractivity contribution in [2.24, 2.45) is 0 Å². The number of alkyl halides is 1. The molecule has 0 N–H and O–H groups in total. The van der Waals surface area contributed by atoms with Crippen molar-refractivity contribution in [3.8, 4) is 5.69 Å². The molecule has 2 heterocycles. The zero-order chi connectivity index (χ0) is 13.4. The average molecular weight is 292 g/mol. The SMILES string of the molecule is CC(Cl)c1nc2cnccc2n1-c1ccccc1Cl. The van der Waals surface area contributed by atoms with Crippen LogP contribution in [0.15, 0.2) is 42.7 Å². The first-order valence-electron chi connectivity index (χ1n) is 5.90. The van der Waals surface area contributed by atoms with Crippen molar-refractivity contribution in [1.82, 2.24) is 14.5 Å². The van der Waals surface area contributed by atoms with E-state index in [0.29, 0.717) is 5.02 Å². The summed E-state index contributed by atoms with van der Waals surface area (Å²) < 4.78 is 1.98. The van der Waals surface area contributed by atoms with Gasteiger partial charge in [0.05, 0.1) is 27.8 Å². The van der Waals surface area contributed by atoms with E-state index in [9.17, 15) is 0 Å². The molecule has 0 amide bonds. The molecule has 3 rings (SSSR count). The van der Waals surface area contributed by atoms with Crippen LogP contribution < -0.4 is 0 Å². The average Bonchev–Trinajstić information content (AvgIpc) is 2.79. The first-order chi connectivity index (χ1) is 9.18. The normalized spacial score (nSPS) is 12.8. The summed E-state index contributed by atoms with van der Waals surface area (Å²) in [4.78, 5) is 8.63. The lowest BCUT2D eigenvalue weighted by Gasteiger charge is -2.11. The Bertz CT molecular complexity index is 734. The lowest BCUT2D eigenvalue weighted by Crippen LogP contribution is -2.02. The van der Waals surface area contributed by atoms with Crippen molar-refractivity contribution in [1.29, 1.82) is 0 Å². The predicted molar refractivity (Wildman–Crippen MR) is 78.1 cm³/mol. The molecule has 2 aromatic heterocycles. The number of hydrogen-bond donors (Lipinski definition) is 0. The highest BCUT2D eigenvalue weighted by atomic mass is 35.5. The molecule has 1 aromatic carbocycles. The minimum atomic E-state index is -0.219.